The molecular formula is C15H13ClN4O4S. The highest BCUT2D eigenvalue weighted by molar-refractivity contribution is 7.99. The third-order valence-electron chi connectivity index (χ3n) is 2.94. The molecular weight excluding hydrogens is 368 g/mol. The molecule has 8 nitrogen and oxygen atoms in total. The molecule has 10 heteroatoms. The summed E-state index contributed by atoms with van der Waals surface area (Å²) in [6.07, 6.45) is 0.687. The molecule has 1 aromatic carbocycles. The Bertz CT molecular complexity index is 803. The van der Waals surface area contributed by atoms with Crippen LogP contribution in [0.5, 0.6) is 0 Å². The standard InChI is InChI=1S/C15H13ClN4O4S/c16-20(9-4-2-1-3-5-9)12(22)6-10(21)8-25-15-18-7-11(14(23)24)13(17)19-15/h1-5,7H,6,8H2,(H,23,24)(H2,17,18,19). The maximum absolute atomic E-state index is 12.0. The number of benzene rings is 1. The van der Waals surface area contributed by atoms with E-state index in [1.165, 1.54) is 0 Å². The Labute approximate surface area is 152 Å². The molecule has 0 unspecified atom stereocenters. The SMILES string of the molecule is Nc1nc(SCC(=O)CC(=O)N(Cl)c2ccccc2)ncc1C(=O)O. The van der Waals surface area contributed by atoms with Gasteiger partial charge in [-0.15, -0.1) is 0 Å². The second-order valence-electron chi connectivity index (χ2n) is 4.77. The maximum atomic E-state index is 12.0. The first kappa shape index (κ1) is 18.7. The normalized spacial score (nSPS) is 10.3. The van der Waals surface area contributed by atoms with Crippen molar-refractivity contribution < 1.29 is 19.5 Å². The molecule has 1 aromatic heterocycles. The number of hydrogen-bond acceptors (Lipinski definition) is 7. The summed E-state index contributed by atoms with van der Waals surface area (Å²) in [5.41, 5.74) is 5.76. The predicted octanol–water partition coefficient (Wildman–Crippen LogP) is 2.00. The van der Waals surface area contributed by atoms with Gasteiger partial charge in [0, 0.05) is 18.0 Å². The second-order valence-corrected chi connectivity index (χ2v) is 6.05. The van der Waals surface area contributed by atoms with E-state index in [1.807, 2.05) is 0 Å². The lowest BCUT2D eigenvalue weighted by molar-refractivity contribution is -0.124. The molecule has 0 saturated carbocycles. The number of carbonyl (C=O) groups excluding carboxylic acids is 2. The van der Waals surface area contributed by atoms with Gasteiger partial charge >= 0.3 is 5.97 Å². The number of anilines is 2. The minimum absolute atomic E-state index is 0.0723. The largest absolute Gasteiger partial charge is 0.477 e. The van der Waals surface area contributed by atoms with E-state index in [2.05, 4.69) is 9.97 Å². The third kappa shape index (κ3) is 5.16. The number of thioether (sulfide) groups is 1. The fraction of sp³-hybridized carbons (Fsp3) is 0.133. The third-order valence-corrected chi connectivity index (χ3v) is 4.24. The van der Waals surface area contributed by atoms with Crippen LogP contribution in [-0.2, 0) is 9.59 Å². The zero-order valence-corrected chi connectivity index (χ0v) is 14.3. The van der Waals surface area contributed by atoms with Crippen LogP contribution >= 0.6 is 23.5 Å². The van der Waals surface area contributed by atoms with Gasteiger partial charge in [-0.2, -0.15) is 0 Å². The molecule has 0 aliphatic heterocycles. The van der Waals surface area contributed by atoms with Crippen LogP contribution < -0.4 is 10.2 Å². The lowest BCUT2D eigenvalue weighted by atomic mass is 10.2. The molecule has 0 aliphatic carbocycles. The van der Waals surface area contributed by atoms with Crippen LogP contribution in [0.15, 0.2) is 41.7 Å². The highest BCUT2D eigenvalue weighted by Gasteiger charge is 2.18. The van der Waals surface area contributed by atoms with Gasteiger partial charge in [0.2, 0.25) is 5.91 Å². The maximum Gasteiger partial charge on any atom is 0.341 e. The molecule has 25 heavy (non-hydrogen) atoms. The van der Waals surface area contributed by atoms with Crippen molar-refractivity contribution in [1.82, 2.24) is 9.97 Å². The van der Waals surface area contributed by atoms with Gasteiger partial charge in [0.05, 0.1) is 17.9 Å². The van der Waals surface area contributed by atoms with Crippen LogP contribution in [-0.4, -0.2) is 38.5 Å². The number of amides is 1. The van der Waals surface area contributed by atoms with Gasteiger partial charge in [0.1, 0.15) is 11.4 Å². The van der Waals surface area contributed by atoms with Gasteiger partial charge in [-0.05, 0) is 12.1 Å². The van der Waals surface area contributed by atoms with E-state index < -0.39 is 11.9 Å². The van der Waals surface area contributed by atoms with Crippen LogP contribution in [0.1, 0.15) is 16.8 Å². The second kappa shape index (κ2) is 8.45. The number of nitrogen functional groups attached to an aromatic ring is 1. The van der Waals surface area contributed by atoms with Gasteiger partial charge in [0.25, 0.3) is 0 Å². The lowest BCUT2D eigenvalue weighted by Crippen LogP contribution is -2.24. The highest BCUT2D eigenvalue weighted by Crippen LogP contribution is 2.19. The minimum Gasteiger partial charge on any atom is -0.477 e. The van der Waals surface area contributed by atoms with Crippen LogP contribution in [0, 0.1) is 0 Å². The van der Waals surface area contributed by atoms with Crippen LogP contribution in [0.4, 0.5) is 11.5 Å². The summed E-state index contributed by atoms with van der Waals surface area (Å²) in [6.45, 7) is 0. The van der Waals surface area contributed by atoms with Gasteiger partial charge in [0.15, 0.2) is 10.9 Å². The van der Waals surface area contributed by atoms with Crippen molar-refractivity contribution in [1.29, 1.82) is 0 Å². The van der Waals surface area contributed by atoms with E-state index in [-0.39, 0.29) is 34.5 Å². The van der Waals surface area contributed by atoms with E-state index in [9.17, 15) is 14.4 Å². The number of carbonyl (C=O) groups is 3. The first-order valence-electron chi connectivity index (χ1n) is 6.92. The van der Waals surface area contributed by atoms with Crippen LogP contribution in [0.2, 0.25) is 0 Å². The molecule has 2 aromatic rings. The molecule has 0 fully saturated rings. The zero-order valence-electron chi connectivity index (χ0n) is 12.8. The summed E-state index contributed by atoms with van der Waals surface area (Å²) in [5.74, 6) is -2.43. The first-order valence-corrected chi connectivity index (χ1v) is 8.25. The number of ketones is 1. The topological polar surface area (TPSA) is 126 Å². The highest BCUT2D eigenvalue weighted by atomic mass is 35.5. The van der Waals surface area contributed by atoms with Gasteiger partial charge in [-0.25, -0.2) is 19.2 Å². The van der Waals surface area contributed by atoms with Crippen molar-refractivity contribution in [2.24, 2.45) is 0 Å². The Morgan fingerprint density at radius 2 is 1.92 bits per heavy atom. The van der Waals surface area contributed by atoms with Crippen molar-refractivity contribution in [3.8, 4) is 0 Å². The number of Topliss-reactive ketones (excluding diaryl/α,β-unsaturated/α-hetero) is 1. The number of hydrogen-bond donors (Lipinski definition) is 2. The summed E-state index contributed by atoms with van der Waals surface area (Å²) in [4.78, 5) is 42.3. The predicted molar refractivity (Wildman–Crippen MR) is 93.5 cm³/mol. The number of nitrogens with zero attached hydrogens (tertiary/aromatic N) is 3. The molecule has 0 bridgehead atoms. The summed E-state index contributed by atoms with van der Waals surface area (Å²) >= 11 is 6.87. The van der Waals surface area contributed by atoms with Crippen LogP contribution in [0.3, 0.4) is 0 Å². The Balaban J connectivity index is 1.89. The number of rotatable bonds is 7. The molecule has 1 heterocycles. The Kier molecular flexibility index (Phi) is 6.31. The Hall–Kier alpha value is -2.65. The van der Waals surface area contributed by atoms with E-state index in [0.29, 0.717) is 5.69 Å². The van der Waals surface area contributed by atoms with Crippen molar-refractivity contribution >= 4 is 52.7 Å². The average Bonchev–Trinajstić information content (AvgIpc) is 2.59. The minimum atomic E-state index is -1.24. The molecule has 0 aliphatic rings. The molecule has 0 saturated heterocycles. The first-order chi connectivity index (χ1) is 11.9. The molecule has 3 N–H and O–H groups in total. The molecule has 0 spiro atoms. The number of aromatic carboxylic acids is 1. The molecule has 0 atom stereocenters. The van der Waals surface area contributed by atoms with E-state index >= 15 is 0 Å². The molecule has 1 amide bonds. The van der Waals surface area contributed by atoms with Crippen molar-refractivity contribution in [3.63, 3.8) is 0 Å². The number of para-hydroxylation sites is 1. The van der Waals surface area contributed by atoms with Crippen LogP contribution in [0.25, 0.3) is 0 Å². The van der Waals surface area contributed by atoms with Gasteiger partial charge in [-0.1, -0.05) is 30.0 Å². The molecule has 130 valence electrons. The monoisotopic (exact) mass is 380 g/mol. The quantitative estimate of drug-likeness (QED) is 0.323. The number of carboxylic acid groups (broad SMARTS) is 1. The smallest absolute Gasteiger partial charge is 0.341 e. The summed E-state index contributed by atoms with van der Waals surface area (Å²) in [6, 6.07) is 8.51. The van der Waals surface area contributed by atoms with Gasteiger partial charge in [-0.3, -0.25) is 9.59 Å². The number of aromatic nitrogens is 2. The van der Waals surface area contributed by atoms with Crippen molar-refractivity contribution in [3.05, 3.63) is 42.1 Å². The Morgan fingerprint density at radius 1 is 1.24 bits per heavy atom. The summed E-state index contributed by atoms with van der Waals surface area (Å²) in [7, 11) is 0. The van der Waals surface area contributed by atoms with Crippen molar-refractivity contribution in [2.45, 2.75) is 11.6 Å². The lowest BCUT2D eigenvalue weighted by Gasteiger charge is -2.13. The Morgan fingerprint density at radius 3 is 2.52 bits per heavy atom. The van der Waals surface area contributed by atoms with E-state index in [4.69, 9.17) is 22.6 Å². The zero-order chi connectivity index (χ0) is 18.4. The summed E-state index contributed by atoms with van der Waals surface area (Å²) < 4.78 is 0.888. The molecule has 0 radical (unpaired) electrons. The van der Waals surface area contributed by atoms with E-state index in [1.54, 1.807) is 30.3 Å². The van der Waals surface area contributed by atoms with Crippen molar-refractivity contribution in [2.75, 3.05) is 15.9 Å². The summed E-state index contributed by atoms with van der Waals surface area (Å²) in [5, 5.41) is 8.99. The number of halogens is 1. The van der Waals surface area contributed by atoms with Gasteiger partial charge < -0.3 is 10.8 Å². The fourth-order valence-corrected chi connectivity index (χ4v) is 2.60. The number of nitrogens with two attached hydrogens (primary N) is 1. The molecule has 2 rings (SSSR count). The number of carboxylic acids is 1. The fourth-order valence-electron chi connectivity index (χ4n) is 1.75. The average molecular weight is 381 g/mol. The van der Waals surface area contributed by atoms with E-state index in [0.717, 1.165) is 22.4 Å².